The highest BCUT2D eigenvalue weighted by Crippen LogP contribution is 2.22. The molecule has 2 aromatic carbocycles. The number of hydrogen-bond donors (Lipinski definition) is 1. The summed E-state index contributed by atoms with van der Waals surface area (Å²) < 4.78 is 29.5. The van der Waals surface area contributed by atoms with Gasteiger partial charge in [0.2, 0.25) is 0 Å². The summed E-state index contributed by atoms with van der Waals surface area (Å²) in [6.07, 6.45) is 0. The number of carbonyl (C=O) groups is 2. The zero-order chi connectivity index (χ0) is 19.6. The average molecular weight is 387 g/mol. The average Bonchev–Trinajstić information content (AvgIpc) is 2.92. The lowest BCUT2D eigenvalue weighted by atomic mass is 10.1. The minimum Gasteiger partial charge on any atom is -0.497 e. The number of amides is 2. The highest BCUT2D eigenvalue weighted by molar-refractivity contribution is 7.89. The van der Waals surface area contributed by atoms with Crippen LogP contribution >= 0.6 is 0 Å². The maximum atomic E-state index is 12.3. The number of imide groups is 1. The molecule has 0 aromatic heterocycles. The Kier molecular flexibility index (Phi) is 4.95. The van der Waals surface area contributed by atoms with E-state index in [4.69, 9.17) is 4.74 Å². The van der Waals surface area contributed by atoms with E-state index in [-0.39, 0.29) is 17.2 Å². The van der Waals surface area contributed by atoms with Crippen molar-refractivity contribution in [2.24, 2.45) is 5.10 Å². The van der Waals surface area contributed by atoms with Crippen LogP contribution < -0.4 is 9.57 Å². The molecule has 1 heterocycles. The van der Waals surface area contributed by atoms with E-state index in [1.807, 2.05) is 0 Å². The number of benzene rings is 2. The van der Waals surface area contributed by atoms with Gasteiger partial charge in [-0.15, -0.1) is 0 Å². The zero-order valence-corrected chi connectivity index (χ0v) is 15.5. The maximum absolute atomic E-state index is 12.3. The van der Waals surface area contributed by atoms with E-state index in [0.717, 1.165) is 4.90 Å². The molecule has 0 fully saturated rings. The molecule has 0 radical (unpaired) electrons. The number of nitrogens with one attached hydrogen (secondary N) is 1. The molecule has 2 amide bonds. The molecule has 1 N–H and O–H groups in total. The van der Waals surface area contributed by atoms with Crippen molar-refractivity contribution in [2.45, 2.75) is 11.8 Å². The standard InChI is InChI=1S/C18H17N3O5S/c1-12(11-21-17(22)15-5-3-4-6-16(15)18(21)23)19-20-27(24,25)14-9-7-13(26-2)8-10-14/h3-10,20H,11H2,1-2H3/b19-12+. The molecule has 0 bridgehead atoms. The summed E-state index contributed by atoms with van der Waals surface area (Å²) in [5.41, 5.74) is 0.921. The Morgan fingerprint density at radius 2 is 1.59 bits per heavy atom. The molecule has 1 aliphatic heterocycles. The van der Waals surface area contributed by atoms with Crippen LogP contribution in [0, 0.1) is 0 Å². The highest BCUT2D eigenvalue weighted by atomic mass is 32.2. The number of nitrogens with zero attached hydrogens (tertiary/aromatic N) is 2. The Labute approximate surface area is 156 Å². The predicted molar refractivity (Wildman–Crippen MR) is 98.2 cm³/mol. The van der Waals surface area contributed by atoms with Gasteiger partial charge in [-0.2, -0.15) is 13.5 Å². The quantitative estimate of drug-likeness (QED) is 0.461. The summed E-state index contributed by atoms with van der Waals surface area (Å²) in [5, 5.41) is 3.81. The van der Waals surface area contributed by atoms with Gasteiger partial charge in [0.15, 0.2) is 0 Å². The first-order valence-corrected chi connectivity index (χ1v) is 9.46. The predicted octanol–water partition coefficient (Wildman–Crippen LogP) is 1.65. The highest BCUT2D eigenvalue weighted by Gasteiger charge is 2.35. The van der Waals surface area contributed by atoms with Crippen LogP contribution in [-0.2, 0) is 10.0 Å². The summed E-state index contributed by atoms with van der Waals surface area (Å²) in [4.78, 5) is 27.8. The van der Waals surface area contributed by atoms with Gasteiger partial charge in [-0.25, -0.2) is 4.83 Å². The van der Waals surface area contributed by atoms with Gasteiger partial charge < -0.3 is 4.74 Å². The van der Waals surface area contributed by atoms with Crippen molar-refractivity contribution < 1.29 is 22.7 Å². The Bertz CT molecular complexity index is 994. The molecule has 0 saturated heterocycles. The van der Waals surface area contributed by atoms with Crippen molar-refractivity contribution in [3.63, 3.8) is 0 Å². The largest absolute Gasteiger partial charge is 0.497 e. The number of methoxy groups -OCH3 is 1. The molecule has 0 aliphatic carbocycles. The van der Waals surface area contributed by atoms with Crippen LogP contribution in [0.25, 0.3) is 0 Å². The number of rotatable bonds is 6. The van der Waals surface area contributed by atoms with Crippen LogP contribution in [0.3, 0.4) is 0 Å². The number of ether oxygens (including phenoxy) is 1. The van der Waals surface area contributed by atoms with E-state index in [9.17, 15) is 18.0 Å². The molecule has 2 aromatic rings. The first-order chi connectivity index (χ1) is 12.8. The fraction of sp³-hybridized carbons (Fsp3) is 0.167. The lowest BCUT2D eigenvalue weighted by Gasteiger charge is -2.13. The van der Waals surface area contributed by atoms with Gasteiger partial charge in [0.25, 0.3) is 21.8 Å². The number of fused-ring (bicyclic) bond motifs is 1. The van der Waals surface area contributed by atoms with E-state index in [0.29, 0.717) is 16.9 Å². The first-order valence-electron chi connectivity index (χ1n) is 7.98. The molecule has 140 valence electrons. The van der Waals surface area contributed by atoms with Crippen LogP contribution in [0.2, 0.25) is 0 Å². The summed E-state index contributed by atoms with van der Waals surface area (Å²) in [5.74, 6) is -0.328. The van der Waals surface area contributed by atoms with Gasteiger partial charge in [-0.05, 0) is 43.3 Å². The van der Waals surface area contributed by atoms with E-state index in [2.05, 4.69) is 9.93 Å². The monoisotopic (exact) mass is 387 g/mol. The second-order valence-electron chi connectivity index (χ2n) is 5.86. The molecule has 0 saturated carbocycles. The third-order valence-corrected chi connectivity index (χ3v) is 5.22. The summed E-state index contributed by atoms with van der Waals surface area (Å²) in [6.45, 7) is 1.41. The molecule has 1 aliphatic rings. The van der Waals surface area contributed by atoms with Gasteiger partial charge in [0.1, 0.15) is 5.75 Å². The summed E-state index contributed by atoms with van der Waals surface area (Å²) in [7, 11) is -2.40. The fourth-order valence-corrected chi connectivity index (χ4v) is 3.47. The van der Waals surface area contributed by atoms with Crippen LogP contribution in [0.5, 0.6) is 5.75 Å². The van der Waals surface area contributed by atoms with Crippen LogP contribution in [-0.4, -0.2) is 44.5 Å². The van der Waals surface area contributed by atoms with Crippen molar-refractivity contribution in [1.29, 1.82) is 0 Å². The molecule has 0 unspecified atom stereocenters. The van der Waals surface area contributed by atoms with Crippen molar-refractivity contribution in [1.82, 2.24) is 9.73 Å². The molecule has 27 heavy (non-hydrogen) atoms. The topological polar surface area (TPSA) is 105 Å². The van der Waals surface area contributed by atoms with E-state index < -0.39 is 21.8 Å². The Hall–Kier alpha value is -3.20. The Morgan fingerprint density at radius 1 is 1.04 bits per heavy atom. The lowest BCUT2D eigenvalue weighted by molar-refractivity contribution is 0.0677. The minimum atomic E-state index is -3.88. The van der Waals surface area contributed by atoms with Crippen molar-refractivity contribution in [2.75, 3.05) is 13.7 Å². The van der Waals surface area contributed by atoms with Gasteiger partial charge in [-0.3, -0.25) is 14.5 Å². The number of carbonyl (C=O) groups excluding carboxylic acids is 2. The van der Waals surface area contributed by atoms with Crippen molar-refractivity contribution in [3.05, 3.63) is 59.7 Å². The molecule has 0 atom stereocenters. The van der Waals surface area contributed by atoms with Gasteiger partial charge in [0.05, 0.1) is 35.4 Å². The first kappa shape index (κ1) is 18.6. The minimum absolute atomic E-state index is 0.0144. The third-order valence-electron chi connectivity index (χ3n) is 3.99. The van der Waals surface area contributed by atoms with E-state index in [1.54, 1.807) is 24.3 Å². The number of hydrazone groups is 1. The van der Waals surface area contributed by atoms with E-state index in [1.165, 1.54) is 38.3 Å². The molecule has 0 spiro atoms. The summed E-state index contributed by atoms with van der Waals surface area (Å²) in [6, 6.07) is 12.3. The lowest BCUT2D eigenvalue weighted by Crippen LogP contribution is -2.35. The normalized spacial score (nSPS) is 14.3. The van der Waals surface area contributed by atoms with Gasteiger partial charge in [0, 0.05) is 0 Å². The van der Waals surface area contributed by atoms with Gasteiger partial charge in [-0.1, -0.05) is 12.1 Å². The number of hydrogen-bond acceptors (Lipinski definition) is 6. The Morgan fingerprint density at radius 3 is 2.11 bits per heavy atom. The Balaban J connectivity index is 1.71. The summed E-state index contributed by atoms with van der Waals surface area (Å²) >= 11 is 0. The molecular weight excluding hydrogens is 370 g/mol. The SMILES string of the molecule is COc1ccc(S(=O)(=O)N/N=C(\C)CN2C(=O)c3ccccc3C2=O)cc1. The zero-order valence-electron chi connectivity index (χ0n) is 14.7. The third kappa shape index (κ3) is 3.68. The van der Waals surface area contributed by atoms with Crippen LogP contribution in [0.1, 0.15) is 27.6 Å². The smallest absolute Gasteiger partial charge is 0.276 e. The van der Waals surface area contributed by atoms with Crippen LogP contribution in [0.15, 0.2) is 58.5 Å². The molecular formula is C18H17N3O5S. The van der Waals surface area contributed by atoms with Crippen molar-refractivity contribution in [3.8, 4) is 5.75 Å². The van der Waals surface area contributed by atoms with Gasteiger partial charge >= 0.3 is 0 Å². The molecule has 9 heteroatoms. The van der Waals surface area contributed by atoms with Crippen molar-refractivity contribution >= 4 is 27.5 Å². The maximum Gasteiger partial charge on any atom is 0.276 e. The molecule has 3 rings (SSSR count). The second kappa shape index (κ2) is 7.20. The number of sulfonamides is 1. The van der Waals surface area contributed by atoms with Crippen LogP contribution in [0.4, 0.5) is 0 Å². The van der Waals surface area contributed by atoms with E-state index >= 15 is 0 Å². The molecule has 8 nitrogen and oxygen atoms in total. The second-order valence-corrected chi connectivity index (χ2v) is 7.52. The fourth-order valence-electron chi connectivity index (χ4n) is 2.59.